The third-order valence-electron chi connectivity index (χ3n) is 3.00. The van der Waals surface area contributed by atoms with E-state index in [1.54, 1.807) is 0 Å². The van der Waals surface area contributed by atoms with Crippen LogP contribution in [0.2, 0.25) is 0 Å². The Morgan fingerprint density at radius 1 is 0.786 bits per heavy atom. The lowest BCUT2D eigenvalue weighted by Crippen LogP contribution is -2.33. The molecular formula is C12H26N2. The van der Waals surface area contributed by atoms with Crippen LogP contribution in [0.3, 0.4) is 0 Å². The molecule has 0 aromatic carbocycles. The molecule has 2 heterocycles. The van der Waals surface area contributed by atoms with Gasteiger partial charge in [0.1, 0.15) is 0 Å². The van der Waals surface area contributed by atoms with E-state index >= 15 is 0 Å². The molecule has 0 spiro atoms. The molecule has 2 aliphatic heterocycles. The van der Waals surface area contributed by atoms with Gasteiger partial charge in [0.2, 0.25) is 0 Å². The van der Waals surface area contributed by atoms with E-state index in [2.05, 4.69) is 24.5 Å². The molecule has 2 saturated heterocycles. The lowest BCUT2D eigenvalue weighted by Gasteiger charge is -2.24. The predicted molar refractivity (Wildman–Crippen MR) is 62.5 cm³/mol. The monoisotopic (exact) mass is 198 g/mol. The standard InChI is InChI=1S/C7H15N.C5H11N/c1-6-3-7(2)5-8-4-6;1-2-4-6-5-3-1/h6-8H,3-5H2,1-2H3;6H,1-5H2. The van der Waals surface area contributed by atoms with Gasteiger partial charge in [-0.1, -0.05) is 20.3 Å². The van der Waals surface area contributed by atoms with Gasteiger partial charge >= 0.3 is 0 Å². The Hall–Kier alpha value is -0.0800. The van der Waals surface area contributed by atoms with Gasteiger partial charge in [0, 0.05) is 0 Å². The first-order valence-corrected chi connectivity index (χ1v) is 6.20. The molecule has 2 rings (SSSR count). The summed E-state index contributed by atoms with van der Waals surface area (Å²) < 4.78 is 0. The minimum Gasteiger partial charge on any atom is -0.317 e. The average molecular weight is 198 g/mol. The maximum Gasteiger partial charge on any atom is -0.00229 e. The highest BCUT2D eigenvalue weighted by Gasteiger charge is 2.12. The normalized spacial score (nSPS) is 33.0. The van der Waals surface area contributed by atoms with Crippen LogP contribution >= 0.6 is 0 Å². The Kier molecular flexibility index (Phi) is 6.20. The third kappa shape index (κ3) is 5.61. The van der Waals surface area contributed by atoms with Gasteiger partial charge < -0.3 is 10.6 Å². The van der Waals surface area contributed by atoms with E-state index < -0.39 is 0 Å². The Balaban J connectivity index is 0.000000146. The molecule has 2 N–H and O–H groups in total. The van der Waals surface area contributed by atoms with Gasteiger partial charge in [0.15, 0.2) is 0 Å². The number of hydrogen-bond donors (Lipinski definition) is 2. The highest BCUT2D eigenvalue weighted by molar-refractivity contribution is 4.69. The van der Waals surface area contributed by atoms with Crippen molar-refractivity contribution in [3.05, 3.63) is 0 Å². The average Bonchev–Trinajstić information content (AvgIpc) is 2.21. The van der Waals surface area contributed by atoms with Crippen LogP contribution in [0.25, 0.3) is 0 Å². The molecule has 0 radical (unpaired) electrons. The quantitative estimate of drug-likeness (QED) is 0.622. The largest absolute Gasteiger partial charge is 0.317 e. The van der Waals surface area contributed by atoms with Gasteiger partial charge in [0.25, 0.3) is 0 Å². The number of hydrogen-bond acceptors (Lipinski definition) is 2. The maximum absolute atomic E-state index is 3.38. The summed E-state index contributed by atoms with van der Waals surface area (Å²) in [6, 6.07) is 0. The van der Waals surface area contributed by atoms with E-state index in [1.165, 1.54) is 51.9 Å². The fourth-order valence-corrected chi connectivity index (χ4v) is 2.23. The Labute approximate surface area is 88.8 Å². The van der Waals surface area contributed by atoms with Gasteiger partial charge in [-0.05, 0) is 57.3 Å². The zero-order valence-corrected chi connectivity index (χ0v) is 9.81. The molecule has 2 unspecified atom stereocenters. The number of piperidine rings is 2. The molecule has 0 saturated carbocycles. The first-order valence-electron chi connectivity index (χ1n) is 6.20. The SMILES string of the molecule is C1CCNCC1.CC1CNCC(C)C1. The minimum atomic E-state index is 0.902. The van der Waals surface area contributed by atoms with Crippen molar-refractivity contribution in [3.8, 4) is 0 Å². The highest BCUT2D eigenvalue weighted by Crippen LogP contribution is 2.13. The second-order valence-electron chi connectivity index (χ2n) is 4.91. The molecular weight excluding hydrogens is 172 g/mol. The maximum atomic E-state index is 3.38. The number of rotatable bonds is 0. The molecule has 0 bridgehead atoms. The van der Waals surface area contributed by atoms with Crippen LogP contribution in [0, 0.1) is 11.8 Å². The van der Waals surface area contributed by atoms with Crippen LogP contribution < -0.4 is 10.6 Å². The summed E-state index contributed by atoms with van der Waals surface area (Å²) in [5.74, 6) is 1.80. The Morgan fingerprint density at radius 3 is 1.57 bits per heavy atom. The Morgan fingerprint density at radius 2 is 1.36 bits per heavy atom. The zero-order chi connectivity index (χ0) is 10.2. The van der Waals surface area contributed by atoms with Crippen molar-refractivity contribution < 1.29 is 0 Å². The van der Waals surface area contributed by atoms with E-state index in [-0.39, 0.29) is 0 Å². The molecule has 14 heavy (non-hydrogen) atoms. The molecule has 2 fully saturated rings. The van der Waals surface area contributed by atoms with Crippen molar-refractivity contribution in [2.75, 3.05) is 26.2 Å². The number of nitrogens with one attached hydrogen (secondary N) is 2. The van der Waals surface area contributed by atoms with Crippen LogP contribution in [0.1, 0.15) is 39.5 Å². The van der Waals surface area contributed by atoms with Crippen molar-refractivity contribution >= 4 is 0 Å². The third-order valence-corrected chi connectivity index (χ3v) is 3.00. The van der Waals surface area contributed by atoms with Crippen LogP contribution in [-0.4, -0.2) is 26.2 Å². The summed E-state index contributed by atoms with van der Waals surface area (Å²) >= 11 is 0. The van der Waals surface area contributed by atoms with Crippen molar-refractivity contribution in [1.82, 2.24) is 10.6 Å². The summed E-state index contributed by atoms with van der Waals surface area (Å²) in [4.78, 5) is 0. The first kappa shape index (κ1) is 12.0. The summed E-state index contributed by atoms with van der Waals surface area (Å²) in [6.07, 6.45) is 5.62. The lowest BCUT2D eigenvalue weighted by atomic mass is 9.94. The van der Waals surface area contributed by atoms with Crippen molar-refractivity contribution in [1.29, 1.82) is 0 Å². The fraction of sp³-hybridized carbons (Fsp3) is 1.00. The van der Waals surface area contributed by atoms with E-state index in [9.17, 15) is 0 Å². The molecule has 2 nitrogen and oxygen atoms in total. The van der Waals surface area contributed by atoms with Gasteiger partial charge in [-0.2, -0.15) is 0 Å². The molecule has 0 aliphatic carbocycles. The molecule has 2 atom stereocenters. The molecule has 84 valence electrons. The van der Waals surface area contributed by atoms with Crippen LogP contribution in [0.4, 0.5) is 0 Å². The van der Waals surface area contributed by atoms with Crippen LogP contribution in [-0.2, 0) is 0 Å². The van der Waals surface area contributed by atoms with Gasteiger partial charge in [-0.3, -0.25) is 0 Å². The summed E-state index contributed by atoms with van der Waals surface area (Å²) in [7, 11) is 0. The van der Waals surface area contributed by atoms with Crippen molar-refractivity contribution in [3.63, 3.8) is 0 Å². The van der Waals surface area contributed by atoms with Crippen LogP contribution in [0.15, 0.2) is 0 Å². The van der Waals surface area contributed by atoms with E-state index in [1.807, 2.05) is 0 Å². The highest BCUT2D eigenvalue weighted by atomic mass is 14.9. The van der Waals surface area contributed by atoms with Crippen molar-refractivity contribution in [2.45, 2.75) is 39.5 Å². The van der Waals surface area contributed by atoms with Gasteiger partial charge in [-0.15, -0.1) is 0 Å². The molecule has 0 amide bonds. The molecule has 2 aliphatic rings. The Bertz CT molecular complexity index is 113. The topological polar surface area (TPSA) is 24.1 Å². The second kappa shape index (κ2) is 7.24. The van der Waals surface area contributed by atoms with Crippen molar-refractivity contribution in [2.24, 2.45) is 11.8 Å². The zero-order valence-electron chi connectivity index (χ0n) is 9.81. The van der Waals surface area contributed by atoms with E-state index in [0.717, 1.165) is 11.8 Å². The van der Waals surface area contributed by atoms with Crippen LogP contribution in [0.5, 0.6) is 0 Å². The summed E-state index contributed by atoms with van der Waals surface area (Å²) in [5.41, 5.74) is 0. The molecule has 0 aromatic rings. The smallest absolute Gasteiger partial charge is 0.00229 e. The lowest BCUT2D eigenvalue weighted by molar-refractivity contribution is 0.321. The first-order chi connectivity index (χ1) is 6.79. The van der Waals surface area contributed by atoms with E-state index in [4.69, 9.17) is 0 Å². The van der Waals surface area contributed by atoms with Gasteiger partial charge in [-0.25, -0.2) is 0 Å². The molecule has 0 aromatic heterocycles. The summed E-state index contributed by atoms with van der Waals surface area (Å²) in [6.45, 7) is 9.57. The molecule has 2 heteroatoms. The van der Waals surface area contributed by atoms with E-state index in [0.29, 0.717) is 0 Å². The minimum absolute atomic E-state index is 0.902. The fourth-order valence-electron chi connectivity index (χ4n) is 2.23. The second-order valence-corrected chi connectivity index (χ2v) is 4.91. The van der Waals surface area contributed by atoms with Gasteiger partial charge in [0.05, 0.1) is 0 Å². The predicted octanol–water partition coefficient (Wildman–Crippen LogP) is 2.01. The summed E-state index contributed by atoms with van der Waals surface area (Å²) in [5, 5.41) is 6.67.